The van der Waals surface area contributed by atoms with Crippen LogP contribution in [-0.2, 0) is 4.79 Å². The zero-order valence-corrected chi connectivity index (χ0v) is 11.6. The second-order valence-corrected chi connectivity index (χ2v) is 5.62. The van der Waals surface area contributed by atoms with Gasteiger partial charge in [0.05, 0.1) is 0 Å². The highest BCUT2D eigenvalue weighted by molar-refractivity contribution is 6.02. The zero-order chi connectivity index (χ0) is 13.9. The minimum absolute atomic E-state index is 0.126. The first-order valence-corrected chi connectivity index (χ1v) is 7.40. The maximum atomic E-state index is 12.0. The van der Waals surface area contributed by atoms with Gasteiger partial charge < -0.3 is 10.2 Å². The molecule has 1 heterocycles. The maximum absolute atomic E-state index is 12.0. The molecule has 0 saturated heterocycles. The molecule has 0 radical (unpaired) electrons. The van der Waals surface area contributed by atoms with E-state index in [1.165, 1.54) is 0 Å². The van der Waals surface area contributed by atoms with E-state index in [9.17, 15) is 9.59 Å². The first-order chi connectivity index (χ1) is 9.74. The summed E-state index contributed by atoms with van der Waals surface area (Å²) in [4.78, 5) is 26.0. The number of ketones is 1. The third-order valence-corrected chi connectivity index (χ3v) is 3.93. The Labute approximate surface area is 119 Å². The summed E-state index contributed by atoms with van der Waals surface area (Å²) < 4.78 is 0. The molecule has 4 nitrogen and oxygen atoms in total. The number of anilines is 1. The standard InChI is InChI=1S/C16H20N2O2/c19-15-6-3-10-18(14-5-2-1-4-13(14)15)11-9-16(20)17-12-7-8-12/h1-2,4-5,12H,3,6-11H2,(H,17,20). The third kappa shape index (κ3) is 3.00. The van der Waals surface area contributed by atoms with Crippen molar-refractivity contribution in [3.63, 3.8) is 0 Å². The zero-order valence-electron chi connectivity index (χ0n) is 11.6. The SMILES string of the molecule is O=C(CCN1CCCC(=O)c2ccccc21)NC1CC1. The fourth-order valence-corrected chi connectivity index (χ4v) is 2.67. The van der Waals surface area contributed by atoms with Crippen LogP contribution in [0.5, 0.6) is 0 Å². The molecule has 1 aliphatic heterocycles. The molecule has 2 aliphatic rings. The minimum Gasteiger partial charge on any atom is -0.370 e. The quantitative estimate of drug-likeness (QED) is 0.913. The summed E-state index contributed by atoms with van der Waals surface area (Å²) in [6, 6.07) is 8.15. The van der Waals surface area contributed by atoms with Crippen LogP contribution in [0.15, 0.2) is 24.3 Å². The minimum atomic E-state index is 0.126. The Morgan fingerprint density at radius 1 is 1.30 bits per heavy atom. The summed E-state index contributed by atoms with van der Waals surface area (Å²) in [6.07, 6.45) is 4.19. The van der Waals surface area contributed by atoms with Gasteiger partial charge in [-0.25, -0.2) is 0 Å². The summed E-state index contributed by atoms with van der Waals surface area (Å²) in [5.74, 6) is 0.339. The highest BCUT2D eigenvalue weighted by Crippen LogP contribution is 2.26. The second kappa shape index (κ2) is 5.65. The van der Waals surface area contributed by atoms with E-state index >= 15 is 0 Å². The average Bonchev–Trinajstić information content (AvgIpc) is 3.26. The second-order valence-electron chi connectivity index (χ2n) is 5.62. The van der Waals surface area contributed by atoms with Crippen LogP contribution in [0, 0.1) is 0 Å². The molecule has 0 aromatic heterocycles. The van der Waals surface area contributed by atoms with Gasteiger partial charge in [0.2, 0.25) is 5.91 Å². The van der Waals surface area contributed by atoms with E-state index in [0.29, 0.717) is 25.4 Å². The number of carbonyl (C=O) groups excluding carboxylic acids is 2. The van der Waals surface area contributed by atoms with Crippen molar-refractivity contribution in [2.75, 3.05) is 18.0 Å². The lowest BCUT2D eigenvalue weighted by atomic mass is 10.1. The van der Waals surface area contributed by atoms with Crippen molar-refractivity contribution in [2.24, 2.45) is 0 Å². The molecule has 0 spiro atoms. The number of carbonyl (C=O) groups is 2. The molecule has 1 aliphatic carbocycles. The number of fused-ring (bicyclic) bond motifs is 1. The van der Waals surface area contributed by atoms with E-state index < -0.39 is 0 Å². The fourth-order valence-electron chi connectivity index (χ4n) is 2.67. The van der Waals surface area contributed by atoms with E-state index in [1.54, 1.807) is 0 Å². The first kappa shape index (κ1) is 13.2. The molecule has 106 valence electrons. The van der Waals surface area contributed by atoms with Gasteiger partial charge in [-0.3, -0.25) is 9.59 Å². The predicted molar refractivity (Wildman–Crippen MR) is 78.0 cm³/mol. The first-order valence-electron chi connectivity index (χ1n) is 7.40. The van der Waals surface area contributed by atoms with Gasteiger partial charge in [-0.2, -0.15) is 0 Å². The number of nitrogens with zero attached hydrogens (tertiary/aromatic N) is 1. The molecule has 1 fully saturated rings. The Morgan fingerprint density at radius 3 is 2.90 bits per heavy atom. The van der Waals surface area contributed by atoms with E-state index in [0.717, 1.165) is 37.1 Å². The van der Waals surface area contributed by atoms with Gasteiger partial charge in [0.15, 0.2) is 5.78 Å². The highest BCUT2D eigenvalue weighted by atomic mass is 16.1. The molecule has 1 amide bonds. The normalized spacial score (nSPS) is 18.4. The topological polar surface area (TPSA) is 49.4 Å². The van der Waals surface area contributed by atoms with Crippen LogP contribution >= 0.6 is 0 Å². The van der Waals surface area contributed by atoms with Crippen LogP contribution in [-0.4, -0.2) is 30.8 Å². The monoisotopic (exact) mass is 272 g/mol. The molecule has 1 aromatic carbocycles. The van der Waals surface area contributed by atoms with Gasteiger partial charge in [-0.05, 0) is 31.4 Å². The molecular weight excluding hydrogens is 252 g/mol. The molecule has 1 N–H and O–H groups in total. The lowest BCUT2D eigenvalue weighted by Gasteiger charge is -2.24. The van der Waals surface area contributed by atoms with E-state index in [-0.39, 0.29) is 11.7 Å². The van der Waals surface area contributed by atoms with Gasteiger partial charge in [0.1, 0.15) is 0 Å². The van der Waals surface area contributed by atoms with Gasteiger partial charge in [-0.1, -0.05) is 12.1 Å². The molecule has 0 unspecified atom stereocenters. The summed E-state index contributed by atoms with van der Waals surface area (Å²) >= 11 is 0. The van der Waals surface area contributed by atoms with Crippen LogP contribution in [0.2, 0.25) is 0 Å². The van der Waals surface area contributed by atoms with Crippen molar-refractivity contribution in [1.29, 1.82) is 0 Å². The summed E-state index contributed by atoms with van der Waals surface area (Å²) in [7, 11) is 0. The molecule has 3 rings (SSSR count). The molecule has 1 aromatic rings. The van der Waals surface area contributed by atoms with Crippen LogP contribution < -0.4 is 10.2 Å². The lowest BCUT2D eigenvalue weighted by Crippen LogP contribution is -2.32. The average molecular weight is 272 g/mol. The maximum Gasteiger partial charge on any atom is 0.221 e. The van der Waals surface area contributed by atoms with Crippen molar-refractivity contribution in [1.82, 2.24) is 5.32 Å². The van der Waals surface area contributed by atoms with E-state index in [4.69, 9.17) is 0 Å². The number of nitrogens with one attached hydrogen (secondary N) is 1. The molecule has 0 bridgehead atoms. The Hall–Kier alpha value is -1.84. The summed E-state index contributed by atoms with van der Waals surface area (Å²) in [5, 5.41) is 3.01. The number of hydrogen-bond donors (Lipinski definition) is 1. The largest absolute Gasteiger partial charge is 0.370 e. The number of para-hydroxylation sites is 1. The Balaban J connectivity index is 1.67. The third-order valence-electron chi connectivity index (χ3n) is 3.93. The Bertz CT molecular complexity index is 523. The highest BCUT2D eigenvalue weighted by Gasteiger charge is 2.24. The van der Waals surface area contributed by atoms with Crippen molar-refractivity contribution in [3.8, 4) is 0 Å². The van der Waals surface area contributed by atoms with Crippen molar-refractivity contribution < 1.29 is 9.59 Å². The van der Waals surface area contributed by atoms with Crippen molar-refractivity contribution in [3.05, 3.63) is 29.8 Å². The fraction of sp³-hybridized carbons (Fsp3) is 0.500. The van der Waals surface area contributed by atoms with Crippen LogP contribution in [0.3, 0.4) is 0 Å². The lowest BCUT2D eigenvalue weighted by molar-refractivity contribution is -0.121. The Morgan fingerprint density at radius 2 is 2.10 bits per heavy atom. The Kier molecular flexibility index (Phi) is 3.72. The van der Waals surface area contributed by atoms with Crippen molar-refractivity contribution in [2.45, 2.75) is 38.1 Å². The number of amides is 1. The molecular formula is C16H20N2O2. The van der Waals surface area contributed by atoms with Gasteiger partial charge in [0, 0.05) is 43.2 Å². The smallest absolute Gasteiger partial charge is 0.221 e. The number of hydrogen-bond acceptors (Lipinski definition) is 3. The van der Waals surface area contributed by atoms with Crippen LogP contribution in [0.4, 0.5) is 5.69 Å². The van der Waals surface area contributed by atoms with Gasteiger partial charge in [0.25, 0.3) is 0 Å². The van der Waals surface area contributed by atoms with Crippen LogP contribution in [0.25, 0.3) is 0 Å². The van der Waals surface area contributed by atoms with E-state index in [2.05, 4.69) is 10.2 Å². The molecule has 0 atom stereocenters. The van der Waals surface area contributed by atoms with Crippen molar-refractivity contribution >= 4 is 17.4 Å². The molecule has 20 heavy (non-hydrogen) atoms. The number of Topliss-reactive ketones (excluding diaryl/α,β-unsaturated/α-hetero) is 1. The number of rotatable bonds is 4. The van der Waals surface area contributed by atoms with Gasteiger partial charge in [-0.15, -0.1) is 0 Å². The van der Waals surface area contributed by atoms with E-state index in [1.807, 2.05) is 24.3 Å². The summed E-state index contributed by atoms with van der Waals surface area (Å²) in [5.41, 5.74) is 1.78. The molecule has 1 saturated carbocycles. The van der Waals surface area contributed by atoms with Crippen LogP contribution in [0.1, 0.15) is 42.5 Å². The molecule has 4 heteroatoms. The predicted octanol–water partition coefficient (Wildman–Crippen LogP) is 2.14. The van der Waals surface area contributed by atoms with Gasteiger partial charge >= 0.3 is 0 Å². The summed E-state index contributed by atoms with van der Waals surface area (Å²) in [6.45, 7) is 1.53. The number of benzene rings is 1.